The number of carbonyl (C=O) groups is 1. The van der Waals surface area contributed by atoms with E-state index in [1.165, 1.54) is 0 Å². The van der Waals surface area contributed by atoms with Crippen molar-refractivity contribution in [1.82, 2.24) is 25.1 Å². The number of tetrazole rings is 1. The predicted molar refractivity (Wildman–Crippen MR) is 73.1 cm³/mol. The highest BCUT2D eigenvalue weighted by Gasteiger charge is 2.37. The fourth-order valence-corrected chi connectivity index (χ4v) is 2.43. The van der Waals surface area contributed by atoms with E-state index in [1.54, 1.807) is 4.68 Å². The van der Waals surface area contributed by atoms with E-state index in [4.69, 9.17) is 0 Å². The molecule has 1 aliphatic rings. The number of hydrogen-bond acceptors (Lipinski definition) is 6. The first-order valence-electron chi connectivity index (χ1n) is 6.64. The molecule has 0 saturated heterocycles. The van der Waals surface area contributed by atoms with Crippen LogP contribution < -0.4 is 0 Å². The molecule has 0 aromatic carbocycles. The second-order valence-corrected chi connectivity index (χ2v) is 6.27. The van der Waals surface area contributed by atoms with Gasteiger partial charge in [-0.1, -0.05) is 0 Å². The Hall–Kier alpha value is -1.76. The van der Waals surface area contributed by atoms with E-state index < -0.39 is 6.04 Å². The summed E-state index contributed by atoms with van der Waals surface area (Å²) in [6.07, 6.45) is 0.748. The zero-order valence-electron chi connectivity index (χ0n) is 12.6. The molecule has 1 aliphatic carbocycles. The third kappa shape index (κ3) is 2.45. The minimum absolute atomic E-state index is 0.0374. The summed E-state index contributed by atoms with van der Waals surface area (Å²) in [6, 6.07) is -0.431. The lowest BCUT2D eigenvalue weighted by molar-refractivity contribution is -0.115. The van der Waals surface area contributed by atoms with Crippen molar-refractivity contribution in [3.63, 3.8) is 0 Å². The summed E-state index contributed by atoms with van der Waals surface area (Å²) in [5.74, 6) is 0.682. The minimum atomic E-state index is -0.431. The molecule has 0 bridgehead atoms. The SMILES string of the molecule is CN(C)[C@@H](C1=C(O)CCC1=O)c1nnnn1C(C)(C)C. The minimum Gasteiger partial charge on any atom is -0.512 e. The lowest BCUT2D eigenvalue weighted by Gasteiger charge is -2.28. The van der Waals surface area contributed by atoms with Crippen molar-refractivity contribution in [2.24, 2.45) is 0 Å². The number of aliphatic hydroxyl groups excluding tert-OH is 1. The van der Waals surface area contributed by atoms with Crippen molar-refractivity contribution in [2.45, 2.75) is 45.2 Å². The first kappa shape index (κ1) is 14.6. The molecule has 2 rings (SSSR count). The first-order valence-corrected chi connectivity index (χ1v) is 6.64. The number of aliphatic hydroxyl groups is 1. The summed E-state index contributed by atoms with van der Waals surface area (Å²) in [6.45, 7) is 5.97. The van der Waals surface area contributed by atoms with E-state index in [-0.39, 0.29) is 17.1 Å². The molecule has 1 atom stereocenters. The van der Waals surface area contributed by atoms with E-state index in [0.29, 0.717) is 24.2 Å². The Kier molecular flexibility index (Phi) is 3.64. The average molecular weight is 279 g/mol. The summed E-state index contributed by atoms with van der Waals surface area (Å²) in [5.41, 5.74) is 0.112. The zero-order chi connectivity index (χ0) is 15.1. The number of rotatable bonds is 3. The van der Waals surface area contributed by atoms with Gasteiger partial charge in [-0.3, -0.25) is 9.69 Å². The lowest BCUT2D eigenvalue weighted by atomic mass is 10.0. The van der Waals surface area contributed by atoms with Crippen molar-refractivity contribution in [3.8, 4) is 0 Å². The number of nitrogens with zero attached hydrogens (tertiary/aromatic N) is 5. The number of allylic oxidation sites excluding steroid dienone is 1. The van der Waals surface area contributed by atoms with Crippen LogP contribution >= 0.6 is 0 Å². The molecule has 0 radical (unpaired) electrons. The topological polar surface area (TPSA) is 84.1 Å². The second kappa shape index (κ2) is 4.97. The molecular weight excluding hydrogens is 258 g/mol. The van der Waals surface area contributed by atoms with Crippen LogP contribution in [0.5, 0.6) is 0 Å². The van der Waals surface area contributed by atoms with Gasteiger partial charge in [0.2, 0.25) is 0 Å². The summed E-state index contributed by atoms with van der Waals surface area (Å²) in [4.78, 5) is 13.9. The molecule has 1 N–H and O–H groups in total. The molecule has 1 aromatic rings. The van der Waals surface area contributed by atoms with Gasteiger partial charge in [0, 0.05) is 12.8 Å². The van der Waals surface area contributed by atoms with Crippen LogP contribution in [-0.4, -0.2) is 50.1 Å². The Labute approximate surface area is 118 Å². The van der Waals surface area contributed by atoms with Gasteiger partial charge in [-0.2, -0.15) is 0 Å². The fourth-order valence-electron chi connectivity index (χ4n) is 2.43. The van der Waals surface area contributed by atoms with E-state index >= 15 is 0 Å². The maximum Gasteiger partial charge on any atom is 0.173 e. The van der Waals surface area contributed by atoms with Crippen LogP contribution in [0, 0.1) is 0 Å². The highest BCUT2D eigenvalue weighted by molar-refractivity contribution is 5.99. The Morgan fingerprint density at radius 2 is 1.95 bits per heavy atom. The van der Waals surface area contributed by atoms with Gasteiger partial charge in [-0.05, 0) is 45.3 Å². The number of carbonyl (C=O) groups excluding carboxylic acids is 1. The van der Waals surface area contributed by atoms with Crippen LogP contribution in [0.2, 0.25) is 0 Å². The Balaban J connectivity index is 2.54. The third-order valence-corrected chi connectivity index (χ3v) is 3.36. The summed E-state index contributed by atoms with van der Waals surface area (Å²) in [5, 5.41) is 21.9. The molecule has 7 nitrogen and oxygen atoms in total. The molecular formula is C13H21N5O2. The van der Waals surface area contributed by atoms with Gasteiger partial charge in [0.15, 0.2) is 11.6 Å². The van der Waals surface area contributed by atoms with Crippen LogP contribution in [0.15, 0.2) is 11.3 Å². The summed E-state index contributed by atoms with van der Waals surface area (Å²) >= 11 is 0. The monoisotopic (exact) mass is 279 g/mol. The number of hydrogen-bond donors (Lipinski definition) is 1. The van der Waals surface area contributed by atoms with E-state index in [1.807, 2.05) is 39.8 Å². The van der Waals surface area contributed by atoms with Crippen LogP contribution in [0.3, 0.4) is 0 Å². The van der Waals surface area contributed by atoms with E-state index in [2.05, 4.69) is 15.5 Å². The van der Waals surface area contributed by atoms with Crippen molar-refractivity contribution < 1.29 is 9.90 Å². The number of aromatic nitrogens is 4. The molecule has 20 heavy (non-hydrogen) atoms. The van der Waals surface area contributed by atoms with Crippen molar-refractivity contribution in [2.75, 3.05) is 14.1 Å². The van der Waals surface area contributed by atoms with Crippen LogP contribution in [-0.2, 0) is 10.3 Å². The molecule has 0 fully saturated rings. The fraction of sp³-hybridized carbons (Fsp3) is 0.692. The molecule has 1 aromatic heterocycles. The number of Topliss-reactive ketones (excluding diaryl/α,β-unsaturated/α-hetero) is 1. The smallest absolute Gasteiger partial charge is 0.173 e. The molecule has 7 heteroatoms. The first-order chi connectivity index (χ1) is 9.23. The van der Waals surface area contributed by atoms with Crippen LogP contribution in [0.4, 0.5) is 0 Å². The predicted octanol–water partition coefficient (Wildman–Crippen LogP) is 1.21. The normalized spacial score (nSPS) is 18.2. The quantitative estimate of drug-likeness (QED) is 0.895. The molecule has 0 amide bonds. The second-order valence-electron chi connectivity index (χ2n) is 6.27. The standard InChI is InChI=1S/C13H21N5O2/c1-13(2,3)18-12(14-15-16-18)11(17(4)5)10-8(19)6-7-9(10)20/h11,19H,6-7H2,1-5H3/t11-/m0/s1. The largest absolute Gasteiger partial charge is 0.512 e. The van der Waals surface area contributed by atoms with Gasteiger partial charge >= 0.3 is 0 Å². The molecule has 0 unspecified atom stereocenters. The van der Waals surface area contributed by atoms with Crippen molar-refractivity contribution in [3.05, 3.63) is 17.2 Å². The Morgan fingerprint density at radius 1 is 1.30 bits per heavy atom. The Morgan fingerprint density at radius 3 is 2.40 bits per heavy atom. The summed E-state index contributed by atoms with van der Waals surface area (Å²) < 4.78 is 1.70. The summed E-state index contributed by atoms with van der Waals surface area (Å²) in [7, 11) is 3.69. The van der Waals surface area contributed by atoms with Crippen molar-refractivity contribution in [1.29, 1.82) is 0 Å². The molecule has 0 aliphatic heterocycles. The maximum absolute atomic E-state index is 12.1. The van der Waals surface area contributed by atoms with Gasteiger partial charge in [-0.25, -0.2) is 4.68 Å². The Bertz CT molecular complexity index is 553. The van der Waals surface area contributed by atoms with Crippen LogP contribution in [0.1, 0.15) is 45.5 Å². The van der Waals surface area contributed by atoms with Crippen LogP contribution in [0.25, 0.3) is 0 Å². The third-order valence-electron chi connectivity index (χ3n) is 3.36. The lowest BCUT2D eigenvalue weighted by Crippen LogP contribution is -2.33. The average Bonchev–Trinajstić information content (AvgIpc) is 2.90. The maximum atomic E-state index is 12.1. The molecule has 0 saturated carbocycles. The molecule has 110 valence electrons. The van der Waals surface area contributed by atoms with Gasteiger partial charge in [-0.15, -0.1) is 5.10 Å². The van der Waals surface area contributed by atoms with Gasteiger partial charge < -0.3 is 5.11 Å². The van der Waals surface area contributed by atoms with Crippen molar-refractivity contribution >= 4 is 5.78 Å². The van der Waals surface area contributed by atoms with E-state index in [9.17, 15) is 9.90 Å². The molecule has 1 heterocycles. The molecule has 0 spiro atoms. The van der Waals surface area contributed by atoms with Gasteiger partial charge in [0.1, 0.15) is 11.8 Å². The number of ketones is 1. The van der Waals surface area contributed by atoms with E-state index in [0.717, 1.165) is 0 Å². The zero-order valence-corrected chi connectivity index (χ0v) is 12.6. The van der Waals surface area contributed by atoms with Gasteiger partial charge in [0.25, 0.3) is 0 Å². The number of likely N-dealkylation sites (N-methyl/N-ethyl adjacent to an activating group) is 1. The highest BCUT2D eigenvalue weighted by Crippen LogP contribution is 2.35. The highest BCUT2D eigenvalue weighted by atomic mass is 16.3. The van der Waals surface area contributed by atoms with Gasteiger partial charge in [0.05, 0.1) is 11.1 Å².